The van der Waals surface area contributed by atoms with Gasteiger partial charge in [-0.2, -0.15) is 0 Å². The van der Waals surface area contributed by atoms with Crippen LogP contribution < -0.4 is 4.74 Å². The van der Waals surface area contributed by atoms with Gasteiger partial charge in [-0.15, -0.1) is 0 Å². The number of thioether (sulfide) groups is 1. The van der Waals surface area contributed by atoms with E-state index in [0.29, 0.717) is 5.75 Å². The topological polar surface area (TPSA) is 46.5 Å². The van der Waals surface area contributed by atoms with Crippen molar-refractivity contribution in [3.63, 3.8) is 0 Å². The molecule has 0 atom stereocenters. The molecule has 2 rings (SSSR count). The Labute approximate surface area is 105 Å². The average Bonchev–Trinajstić information content (AvgIpc) is 2.67. The van der Waals surface area contributed by atoms with Crippen LogP contribution in [0.5, 0.6) is 5.75 Å². The van der Waals surface area contributed by atoms with Crippen LogP contribution in [-0.4, -0.2) is 16.0 Å². The molecule has 0 amide bonds. The van der Waals surface area contributed by atoms with Crippen LogP contribution >= 0.6 is 11.8 Å². The van der Waals surface area contributed by atoms with Gasteiger partial charge in [0.1, 0.15) is 10.7 Å². The highest BCUT2D eigenvalue weighted by Crippen LogP contribution is 2.45. The molecule has 1 aromatic rings. The number of para-hydroxylation sites is 1. The number of benzene rings is 1. The van der Waals surface area contributed by atoms with E-state index in [1.165, 1.54) is 18.7 Å². The third-order valence-corrected chi connectivity index (χ3v) is 4.13. The second kappa shape index (κ2) is 5.10. The SMILES string of the molecule is CC(=O)Oc1ccccc1SC1(O)CCCC1. The van der Waals surface area contributed by atoms with E-state index in [1.54, 1.807) is 6.07 Å². The van der Waals surface area contributed by atoms with E-state index in [4.69, 9.17) is 4.74 Å². The highest BCUT2D eigenvalue weighted by Gasteiger charge is 2.33. The first kappa shape index (κ1) is 12.5. The van der Waals surface area contributed by atoms with Crippen LogP contribution in [0.25, 0.3) is 0 Å². The quantitative estimate of drug-likeness (QED) is 0.510. The van der Waals surface area contributed by atoms with Crippen molar-refractivity contribution in [2.45, 2.75) is 42.4 Å². The molecule has 4 heteroatoms. The Morgan fingerprint density at radius 1 is 1.35 bits per heavy atom. The lowest BCUT2D eigenvalue weighted by atomic mass is 10.3. The van der Waals surface area contributed by atoms with Crippen LogP contribution in [-0.2, 0) is 4.79 Å². The summed E-state index contributed by atoms with van der Waals surface area (Å²) in [5.41, 5.74) is 0. The van der Waals surface area contributed by atoms with Crippen LogP contribution in [0.15, 0.2) is 29.2 Å². The Bertz CT molecular complexity index is 411. The lowest BCUT2D eigenvalue weighted by Gasteiger charge is -2.22. The van der Waals surface area contributed by atoms with Crippen LogP contribution in [0.2, 0.25) is 0 Å². The molecule has 1 aromatic carbocycles. The van der Waals surface area contributed by atoms with Gasteiger partial charge in [0.2, 0.25) is 0 Å². The Hall–Kier alpha value is -1.00. The smallest absolute Gasteiger partial charge is 0.308 e. The van der Waals surface area contributed by atoms with E-state index in [0.717, 1.165) is 30.6 Å². The van der Waals surface area contributed by atoms with Crippen molar-refractivity contribution in [2.75, 3.05) is 0 Å². The maximum absolute atomic E-state index is 11.0. The van der Waals surface area contributed by atoms with E-state index in [2.05, 4.69) is 0 Å². The van der Waals surface area contributed by atoms with Gasteiger partial charge in [-0.1, -0.05) is 23.9 Å². The highest BCUT2D eigenvalue weighted by atomic mass is 32.2. The third kappa shape index (κ3) is 3.23. The molecule has 0 heterocycles. The zero-order valence-corrected chi connectivity index (χ0v) is 10.6. The van der Waals surface area contributed by atoms with Crippen molar-refractivity contribution in [1.82, 2.24) is 0 Å². The highest BCUT2D eigenvalue weighted by molar-refractivity contribution is 8.00. The maximum atomic E-state index is 11.0. The summed E-state index contributed by atoms with van der Waals surface area (Å²) < 4.78 is 5.13. The van der Waals surface area contributed by atoms with Gasteiger partial charge in [0.25, 0.3) is 0 Å². The first-order chi connectivity index (χ1) is 8.09. The number of carbonyl (C=O) groups is 1. The summed E-state index contributed by atoms with van der Waals surface area (Å²) in [6, 6.07) is 7.33. The molecule has 1 aliphatic carbocycles. The van der Waals surface area contributed by atoms with Crippen LogP contribution in [0, 0.1) is 0 Å². The molecular weight excluding hydrogens is 236 g/mol. The molecule has 0 bridgehead atoms. The zero-order valence-electron chi connectivity index (χ0n) is 9.81. The van der Waals surface area contributed by atoms with Crippen molar-refractivity contribution in [2.24, 2.45) is 0 Å². The van der Waals surface area contributed by atoms with E-state index in [9.17, 15) is 9.90 Å². The summed E-state index contributed by atoms with van der Waals surface area (Å²) in [5, 5.41) is 10.3. The monoisotopic (exact) mass is 252 g/mol. The van der Waals surface area contributed by atoms with Crippen molar-refractivity contribution in [3.8, 4) is 5.75 Å². The second-order valence-electron chi connectivity index (χ2n) is 4.30. The fraction of sp³-hybridized carbons (Fsp3) is 0.462. The summed E-state index contributed by atoms with van der Waals surface area (Å²) in [6.45, 7) is 1.38. The Kier molecular flexibility index (Phi) is 3.74. The fourth-order valence-corrected chi connectivity index (χ4v) is 3.27. The lowest BCUT2D eigenvalue weighted by molar-refractivity contribution is -0.132. The normalized spacial score (nSPS) is 18.0. The minimum Gasteiger partial charge on any atom is -0.426 e. The maximum Gasteiger partial charge on any atom is 0.308 e. The Balaban J connectivity index is 2.17. The van der Waals surface area contributed by atoms with Gasteiger partial charge in [0, 0.05) is 6.92 Å². The van der Waals surface area contributed by atoms with E-state index in [1.807, 2.05) is 18.2 Å². The summed E-state index contributed by atoms with van der Waals surface area (Å²) >= 11 is 1.40. The molecule has 0 aliphatic heterocycles. The predicted molar refractivity (Wildman–Crippen MR) is 67.0 cm³/mol. The summed E-state index contributed by atoms with van der Waals surface area (Å²) in [6.07, 6.45) is 3.70. The molecule has 0 spiro atoms. The fourth-order valence-electron chi connectivity index (χ4n) is 2.01. The standard InChI is InChI=1S/C13H16O3S/c1-10(14)16-11-6-2-3-7-12(11)17-13(15)8-4-5-9-13/h2-3,6-7,15H,4-5,8-9H2,1H3. The van der Waals surface area contributed by atoms with Gasteiger partial charge in [-0.25, -0.2) is 0 Å². The predicted octanol–water partition coefficient (Wildman–Crippen LogP) is 2.97. The van der Waals surface area contributed by atoms with Gasteiger partial charge in [-0.3, -0.25) is 4.79 Å². The van der Waals surface area contributed by atoms with Gasteiger partial charge in [0.05, 0.1) is 4.90 Å². The molecular formula is C13H16O3S. The first-order valence-corrected chi connectivity index (χ1v) is 6.60. The second-order valence-corrected chi connectivity index (χ2v) is 5.70. The molecule has 1 N–H and O–H groups in total. The minimum atomic E-state index is -0.698. The Morgan fingerprint density at radius 2 is 2.00 bits per heavy atom. The number of ether oxygens (including phenoxy) is 1. The van der Waals surface area contributed by atoms with Crippen molar-refractivity contribution in [3.05, 3.63) is 24.3 Å². The van der Waals surface area contributed by atoms with Gasteiger partial charge >= 0.3 is 5.97 Å². The number of rotatable bonds is 3. The zero-order chi connectivity index (χ0) is 12.3. The number of hydrogen-bond donors (Lipinski definition) is 1. The summed E-state index contributed by atoms with van der Waals surface area (Å²) in [4.78, 5) is 11.1. The summed E-state index contributed by atoms with van der Waals surface area (Å²) in [7, 11) is 0. The largest absolute Gasteiger partial charge is 0.426 e. The molecule has 92 valence electrons. The number of hydrogen-bond acceptors (Lipinski definition) is 4. The van der Waals surface area contributed by atoms with Crippen LogP contribution in [0.4, 0.5) is 0 Å². The molecule has 0 aromatic heterocycles. The van der Waals surface area contributed by atoms with Crippen LogP contribution in [0.3, 0.4) is 0 Å². The average molecular weight is 252 g/mol. The molecule has 17 heavy (non-hydrogen) atoms. The number of aliphatic hydroxyl groups is 1. The third-order valence-electron chi connectivity index (χ3n) is 2.79. The van der Waals surface area contributed by atoms with Crippen molar-refractivity contribution < 1.29 is 14.6 Å². The van der Waals surface area contributed by atoms with Gasteiger partial charge < -0.3 is 9.84 Å². The van der Waals surface area contributed by atoms with Crippen molar-refractivity contribution in [1.29, 1.82) is 0 Å². The molecule has 1 fully saturated rings. The van der Waals surface area contributed by atoms with Crippen LogP contribution in [0.1, 0.15) is 32.6 Å². The molecule has 3 nitrogen and oxygen atoms in total. The van der Waals surface area contributed by atoms with E-state index < -0.39 is 4.93 Å². The molecule has 1 aliphatic rings. The first-order valence-electron chi connectivity index (χ1n) is 5.78. The molecule has 1 saturated carbocycles. The molecule has 0 saturated heterocycles. The van der Waals surface area contributed by atoms with E-state index in [-0.39, 0.29) is 5.97 Å². The lowest BCUT2D eigenvalue weighted by Crippen LogP contribution is -2.18. The number of esters is 1. The van der Waals surface area contributed by atoms with Crippen molar-refractivity contribution >= 4 is 17.7 Å². The molecule has 0 radical (unpaired) electrons. The van der Waals surface area contributed by atoms with Gasteiger partial charge in [0.15, 0.2) is 0 Å². The summed E-state index contributed by atoms with van der Waals surface area (Å²) in [5.74, 6) is 0.196. The van der Waals surface area contributed by atoms with E-state index >= 15 is 0 Å². The number of carbonyl (C=O) groups excluding carboxylic acids is 1. The Morgan fingerprint density at radius 3 is 2.65 bits per heavy atom. The van der Waals surface area contributed by atoms with Gasteiger partial charge in [-0.05, 0) is 37.8 Å². The minimum absolute atomic E-state index is 0.337. The molecule has 0 unspecified atom stereocenters.